The highest BCUT2D eigenvalue weighted by Gasteiger charge is 2.27. The molecule has 296 valence electrons. The second-order valence-corrected chi connectivity index (χ2v) is 16.5. The van der Waals surface area contributed by atoms with Crippen LogP contribution < -0.4 is 0 Å². The number of phosphoric ester groups is 1. The summed E-state index contributed by atoms with van der Waals surface area (Å²) in [6.07, 6.45) is 32.6. The van der Waals surface area contributed by atoms with E-state index in [1.807, 2.05) is 21.1 Å². The number of carbonyl (C=O) groups is 2. The minimum absolute atomic E-state index is 0.0335. The number of quaternary nitrogens is 1. The van der Waals surface area contributed by atoms with Crippen molar-refractivity contribution in [2.24, 2.45) is 0 Å². The van der Waals surface area contributed by atoms with Crippen molar-refractivity contribution in [3.05, 3.63) is 12.2 Å². The van der Waals surface area contributed by atoms with Crippen molar-refractivity contribution in [3.63, 3.8) is 0 Å². The normalized spacial score (nSPS) is 13.8. The molecule has 1 unspecified atom stereocenters. The lowest BCUT2D eigenvalue weighted by atomic mass is 10.1. The fourth-order valence-electron chi connectivity index (χ4n) is 5.54. The molecule has 0 aromatic heterocycles. The first-order valence-corrected chi connectivity index (χ1v) is 21.9. The first kappa shape index (κ1) is 48.8. The molecule has 0 aliphatic carbocycles. The zero-order valence-corrected chi connectivity index (χ0v) is 34.0. The minimum atomic E-state index is -4.36. The third-order valence-corrected chi connectivity index (χ3v) is 9.78. The van der Waals surface area contributed by atoms with Gasteiger partial charge in [-0.25, -0.2) is 4.57 Å². The topological polar surface area (TPSA) is 108 Å². The van der Waals surface area contributed by atoms with Crippen molar-refractivity contribution in [3.8, 4) is 0 Å². The average molecular weight is 733 g/mol. The maximum atomic E-state index is 12.6. The zero-order chi connectivity index (χ0) is 37.2. The molecule has 9 nitrogen and oxygen atoms in total. The molecule has 0 aliphatic heterocycles. The van der Waals surface area contributed by atoms with Crippen LogP contribution in [0.25, 0.3) is 0 Å². The van der Waals surface area contributed by atoms with E-state index in [1.54, 1.807) is 0 Å². The second-order valence-electron chi connectivity index (χ2n) is 15.0. The summed E-state index contributed by atoms with van der Waals surface area (Å²) in [5, 5.41) is 0. The minimum Gasteiger partial charge on any atom is -0.462 e. The van der Waals surface area contributed by atoms with Gasteiger partial charge in [0.25, 0.3) is 0 Å². The van der Waals surface area contributed by atoms with Gasteiger partial charge in [0.2, 0.25) is 0 Å². The molecule has 0 saturated heterocycles. The number of likely N-dealkylation sites (N-methyl/N-ethyl adjacent to an activating group) is 1. The molecular weight excluding hydrogens is 653 g/mol. The summed E-state index contributed by atoms with van der Waals surface area (Å²) in [5.74, 6) is -0.801. The maximum absolute atomic E-state index is 12.6. The van der Waals surface area contributed by atoms with Crippen LogP contribution in [-0.2, 0) is 32.7 Å². The van der Waals surface area contributed by atoms with Crippen LogP contribution in [0.3, 0.4) is 0 Å². The van der Waals surface area contributed by atoms with Gasteiger partial charge in [0.05, 0.1) is 27.7 Å². The van der Waals surface area contributed by atoms with Gasteiger partial charge in [-0.15, -0.1) is 0 Å². The largest absolute Gasteiger partial charge is 0.472 e. The summed E-state index contributed by atoms with van der Waals surface area (Å²) in [7, 11) is 1.48. The summed E-state index contributed by atoms with van der Waals surface area (Å²) in [4.78, 5) is 35.2. The van der Waals surface area contributed by atoms with Gasteiger partial charge in [-0.3, -0.25) is 18.6 Å². The third kappa shape index (κ3) is 36.5. The Labute approximate surface area is 307 Å². The summed E-state index contributed by atoms with van der Waals surface area (Å²) < 4.78 is 34.2. The molecule has 10 heteroatoms. The monoisotopic (exact) mass is 733 g/mol. The van der Waals surface area contributed by atoms with Crippen LogP contribution in [0.4, 0.5) is 0 Å². The average Bonchev–Trinajstić information content (AvgIpc) is 3.06. The molecule has 0 fully saturated rings. The van der Waals surface area contributed by atoms with E-state index in [0.29, 0.717) is 23.9 Å². The molecule has 50 heavy (non-hydrogen) atoms. The first-order chi connectivity index (χ1) is 24.0. The van der Waals surface area contributed by atoms with Crippen molar-refractivity contribution in [1.82, 2.24) is 0 Å². The molecule has 0 amide bonds. The molecular formula is C40H79NO8P+. The lowest BCUT2D eigenvalue weighted by Gasteiger charge is -2.24. The van der Waals surface area contributed by atoms with Gasteiger partial charge in [-0.05, 0) is 38.5 Å². The number of phosphoric acid groups is 1. The SMILES string of the molecule is CCCCCCCC/C=C/CCCCCCCCCC(=O)O[C@H](COC(=O)CCCCCCCCCCC)COP(=O)(O)OCC[N+](C)(C)C. The van der Waals surface area contributed by atoms with Crippen LogP contribution in [0.5, 0.6) is 0 Å². The number of rotatable bonds is 37. The van der Waals surface area contributed by atoms with Gasteiger partial charge in [0, 0.05) is 12.8 Å². The van der Waals surface area contributed by atoms with Crippen molar-refractivity contribution >= 4 is 19.8 Å². The van der Waals surface area contributed by atoms with Crippen LogP contribution in [0, 0.1) is 0 Å². The molecule has 1 N–H and O–H groups in total. The number of nitrogens with zero attached hydrogens (tertiary/aromatic N) is 1. The van der Waals surface area contributed by atoms with E-state index >= 15 is 0 Å². The van der Waals surface area contributed by atoms with E-state index in [4.69, 9.17) is 18.5 Å². The molecule has 0 bridgehead atoms. The van der Waals surface area contributed by atoms with Crippen LogP contribution >= 0.6 is 7.82 Å². The van der Waals surface area contributed by atoms with Gasteiger partial charge >= 0.3 is 19.8 Å². The summed E-state index contributed by atoms with van der Waals surface area (Å²) in [6.45, 7) is 4.39. The predicted octanol–water partition coefficient (Wildman–Crippen LogP) is 11.0. The Hall–Kier alpha value is -1.25. The maximum Gasteiger partial charge on any atom is 0.472 e. The molecule has 0 heterocycles. The number of hydrogen-bond donors (Lipinski definition) is 1. The highest BCUT2D eigenvalue weighted by atomic mass is 31.2. The van der Waals surface area contributed by atoms with Crippen LogP contribution in [0.1, 0.15) is 181 Å². The lowest BCUT2D eigenvalue weighted by Crippen LogP contribution is -2.37. The van der Waals surface area contributed by atoms with E-state index in [1.165, 1.54) is 103 Å². The molecule has 0 aromatic carbocycles. The number of ether oxygens (including phenoxy) is 2. The Morgan fingerprint density at radius 2 is 1.02 bits per heavy atom. The van der Waals surface area contributed by atoms with Crippen LogP contribution in [0.2, 0.25) is 0 Å². The lowest BCUT2D eigenvalue weighted by molar-refractivity contribution is -0.870. The van der Waals surface area contributed by atoms with Gasteiger partial charge in [-0.1, -0.05) is 142 Å². The van der Waals surface area contributed by atoms with E-state index in [0.717, 1.165) is 44.9 Å². The third-order valence-electron chi connectivity index (χ3n) is 8.80. The van der Waals surface area contributed by atoms with Gasteiger partial charge in [0.1, 0.15) is 19.8 Å². The molecule has 0 aromatic rings. The van der Waals surface area contributed by atoms with Crippen molar-refractivity contribution in [1.29, 1.82) is 0 Å². The number of unbranched alkanes of at least 4 members (excludes halogenated alkanes) is 21. The Morgan fingerprint density at radius 3 is 1.48 bits per heavy atom. The fraction of sp³-hybridized carbons (Fsp3) is 0.900. The van der Waals surface area contributed by atoms with Crippen molar-refractivity contribution in [2.45, 2.75) is 187 Å². The molecule has 2 atom stereocenters. The summed E-state index contributed by atoms with van der Waals surface area (Å²) in [6, 6.07) is 0. The van der Waals surface area contributed by atoms with Crippen LogP contribution in [0.15, 0.2) is 12.2 Å². The predicted molar refractivity (Wildman–Crippen MR) is 206 cm³/mol. The van der Waals surface area contributed by atoms with Crippen LogP contribution in [-0.4, -0.2) is 74.9 Å². The van der Waals surface area contributed by atoms with Crippen molar-refractivity contribution in [2.75, 3.05) is 47.5 Å². The van der Waals surface area contributed by atoms with E-state index in [2.05, 4.69) is 26.0 Å². The standard InChI is InChI=1S/C40H78NO8P/c1-6-8-10-12-14-16-17-18-19-20-21-22-23-25-27-29-31-33-40(43)49-38(37-48-50(44,45)47-35-34-41(3,4)5)36-46-39(42)32-30-28-26-24-15-13-11-9-7-2/h18-19,38H,6-17,20-37H2,1-5H3/p+1/b19-18+/t38-/m1/s1. The van der Waals surface area contributed by atoms with E-state index in [9.17, 15) is 19.0 Å². The molecule has 0 aliphatic rings. The number of allylic oxidation sites excluding steroid dienone is 2. The van der Waals surface area contributed by atoms with E-state index < -0.39 is 26.5 Å². The molecule has 0 rings (SSSR count). The Kier molecular flexibility index (Phi) is 32.7. The van der Waals surface area contributed by atoms with Gasteiger partial charge in [-0.2, -0.15) is 0 Å². The summed E-state index contributed by atoms with van der Waals surface area (Å²) >= 11 is 0. The quantitative estimate of drug-likeness (QED) is 0.0221. The Bertz CT molecular complexity index is 876. The first-order valence-electron chi connectivity index (χ1n) is 20.4. The molecule has 0 spiro atoms. The molecule has 0 radical (unpaired) electrons. The number of esters is 2. The van der Waals surface area contributed by atoms with Gasteiger partial charge < -0.3 is 18.9 Å². The fourth-order valence-corrected chi connectivity index (χ4v) is 6.28. The number of carbonyl (C=O) groups excluding carboxylic acids is 2. The summed E-state index contributed by atoms with van der Waals surface area (Å²) in [5.41, 5.74) is 0. The number of hydrogen-bond acceptors (Lipinski definition) is 7. The second kappa shape index (κ2) is 33.6. The molecule has 0 saturated carbocycles. The van der Waals surface area contributed by atoms with Crippen molar-refractivity contribution < 1.29 is 42.1 Å². The highest BCUT2D eigenvalue weighted by molar-refractivity contribution is 7.47. The van der Waals surface area contributed by atoms with Gasteiger partial charge in [0.15, 0.2) is 6.10 Å². The Morgan fingerprint density at radius 1 is 0.600 bits per heavy atom. The highest BCUT2D eigenvalue weighted by Crippen LogP contribution is 2.43. The smallest absolute Gasteiger partial charge is 0.462 e. The zero-order valence-electron chi connectivity index (χ0n) is 33.1. The van der Waals surface area contributed by atoms with E-state index in [-0.39, 0.29) is 25.6 Å². The Balaban J connectivity index is 4.35.